The number of nitrogens with one attached hydrogen (secondary N) is 2. The third-order valence-corrected chi connectivity index (χ3v) is 4.45. The Labute approximate surface area is 175 Å². The summed E-state index contributed by atoms with van der Waals surface area (Å²) in [5.74, 6) is -0.465. The molecule has 0 aliphatic rings. The third kappa shape index (κ3) is 5.78. The van der Waals surface area contributed by atoms with Crippen LogP contribution in [-0.2, 0) is 9.59 Å². The zero-order valence-electron chi connectivity index (χ0n) is 16.6. The van der Waals surface area contributed by atoms with Gasteiger partial charge in [0.25, 0.3) is 5.91 Å². The molecule has 6 nitrogen and oxygen atoms in total. The van der Waals surface area contributed by atoms with Gasteiger partial charge in [0.05, 0.1) is 25.8 Å². The Morgan fingerprint density at radius 1 is 0.933 bits per heavy atom. The van der Waals surface area contributed by atoms with Gasteiger partial charge in [0.1, 0.15) is 5.75 Å². The van der Waals surface area contributed by atoms with Crippen LogP contribution in [0.3, 0.4) is 0 Å². The van der Waals surface area contributed by atoms with Crippen LogP contribution in [0, 0.1) is 0 Å². The van der Waals surface area contributed by atoms with Crippen LogP contribution in [0.1, 0.15) is 22.6 Å². The standard InChI is InChI=1S/C24H23N3O3/c1-30-21-14-8-9-18(15-21)16-26-27-22(28)17-25-24(29)23(19-10-4-2-5-11-19)20-12-6-3-7-13-20/h2-16,23H,17H2,1H3,(H,25,29)(H,27,28)/b26-16-. The number of amides is 2. The lowest BCUT2D eigenvalue weighted by molar-refractivity contribution is -0.126. The minimum atomic E-state index is -0.500. The molecule has 0 aromatic heterocycles. The molecule has 0 radical (unpaired) electrons. The van der Waals surface area contributed by atoms with E-state index in [0.717, 1.165) is 16.7 Å². The molecule has 2 N–H and O–H groups in total. The number of benzene rings is 3. The largest absolute Gasteiger partial charge is 0.497 e. The van der Waals surface area contributed by atoms with Crippen molar-refractivity contribution in [3.63, 3.8) is 0 Å². The van der Waals surface area contributed by atoms with E-state index in [9.17, 15) is 9.59 Å². The smallest absolute Gasteiger partial charge is 0.259 e. The lowest BCUT2D eigenvalue weighted by Gasteiger charge is -2.17. The van der Waals surface area contributed by atoms with Crippen molar-refractivity contribution in [2.24, 2.45) is 5.10 Å². The van der Waals surface area contributed by atoms with Crippen molar-refractivity contribution in [3.05, 3.63) is 102 Å². The molecular formula is C24H23N3O3. The Hall–Kier alpha value is -3.93. The Kier molecular flexibility index (Phi) is 7.33. The van der Waals surface area contributed by atoms with Crippen LogP contribution >= 0.6 is 0 Å². The number of methoxy groups -OCH3 is 1. The van der Waals surface area contributed by atoms with Gasteiger partial charge in [-0.15, -0.1) is 0 Å². The molecule has 6 heteroatoms. The summed E-state index contributed by atoms with van der Waals surface area (Å²) in [7, 11) is 1.58. The highest BCUT2D eigenvalue weighted by molar-refractivity contribution is 5.91. The van der Waals surface area contributed by atoms with E-state index in [1.54, 1.807) is 13.2 Å². The second kappa shape index (κ2) is 10.6. The normalized spacial score (nSPS) is 10.7. The Morgan fingerprint density at radius 3 is 2.17 bits per heavy atom. The fourth-order valence-corrected chi connectivity index (χ4v) is 3.00. The molecule has 0 atom stereocenters. The van der Waals surface area contributed by atoms with Gasteiger partial charge in [0.15, 0.2) is 0 Å². The molecule has 0 unspecified atom stereocenters. The average molecular weight is 401 g/mol. The molecule has 152 valence electrons. The van der Waals surface area contributed by atoms with Crippen molar-refractivity contribution in [3.8, 4) is 5.75 Å². The average Bonchev–Trinajstić information content (AvgIpc) is 2.79. The van der Waals surface area contributed by atoms with Gasteiger partial charge in [-0.3, -0.25) is 9.59 Å². The number of carbonyl (C=O) groups excluding carboxylic acids is 2. The highest BCUT2D eigenvalue weighted by Crippen LogP contribution is 2.24. The minimum Gasteiger partial charge on any atom is -0.497 e. The number of ether oxygens (including phenoxy) is 1. The van der Waals surface area contributed by atoms with E-state index in [-0.39, 0.29) is 12.5 Å². The van der Waals surface area contributed by atoms with E-state index < -0.39 is 11.8 Å². The van der Waals surface area contributed by atoms with E-state index in [0.29, 0.717) is 5.75 Å². The number of nitrogens with zero attached hydrogens (tertiary/aromatic N) is 1. The van der Waals surface area contributed by atoms with Gasteiger partial charge in [0, 0.05) is 0 Å². The molecule has 0 saturated carbocycles. The van der Waals surface area contributed by atoms with E-state index in [2.05, 4.69) is 15.8 Å². The molecule has 3 aromatic rings. The maximum Gasteiger partial charge on any atom is 0.259 e. The predicted octanol–water partition coefficient (Wildman–Crippen LogP) is 3.09. The second-order valence-corrected chi connectivity index (χ2v) is 6.54. The topological polar surface area (TPSA) is 79.8 Å². The van der Waals surface area contributed by atoms with Gasteiger partial charge in [-0.05, 0) is 28.8 Å². The molecule has 0 heterocycles. The third-order valence-electron chi connectivity index (χ3n) is 4.45. The Bertz CT molecular complexity index is 965. The van der Waals surface area contributed by atoms with Crippen molar-refractivity contribution in [2.45, 2.75) is 5.92 Å². The highest BCUT2D eigenvalue weighted by Gasteiger charge is 2.22. The molecule has 0 saturated heterocycles. The number of hydrogen-bond acceptors (Lipinski definition) is 4. The van der Waals surface area contributed by atoms with E-state index >= 15 is 0 Å². The molecular weight excluding hydrogens is 378 g/mol. The van der Waals surface area contributed by atoms with Crippen molar-refractivity contribution in [1.29, 1.82) is 0 Å². The van der Waals surface area contributed by atoms with Crippen molar-refractivity contribution < 1.29 is 14.3 Å². The van der Waals surface area contributed by atoms with E-state index in [1.165, 1.54) is 6.21 Å². The van der Waals surface area contributed by atoms with Crippen molar-refractivity contribution >= 4 is 18.0 Å². The predicted molar refractivity (Wildman–Crippen MR) is 116 cm³/mol. The summed E-state index contributed by atoms with van der Waals surface area (Å²) in [6, 6.07) is 26.2. The molecule has 0 aliphatic carbocycles. The zero-order valence-corrected chi connectivity index (χ0v) is 16.6. The van der Waals surface area contributed by atoms with Gasteiger partial charge in [0.2, 0.25) is 5.91 Å². The summed E-state index contributed by atoms with van der Waals surface area (Å²) >= 11 is 0. The summed E-state index contributed by atoms with van der Waals surface area (Å²) in [4.78, 5) is 25.0. The molecule has 0 spiro atoms. The van der Waals surface area contributed by atoms with Crippen LogP contribution in [0.4, 0.5) is 0 Å². The fourth-order valence-electron chi connectivity index (χ4n) is 3.00. The first kappa shape index (κ1) is 20.8. The van der Waals surface area contributed by atoms with Crippen LogP contribution < -0.4 is 15.5 Å². The van der Waals surface area contributed by atoms with Gasteiger partial charge in [-0.2, -0.15) is 5.10 Å². The van der Waals surface area contributed by atoms with Crippen molar-refractivity contribution in [1.82, 2.24) is 10.7 Å². The SMILES string of the molecule is COc1cccc(/C=N\NC(=O)CNC(=O)C(c2ccccc2)c2ccccc2)c1. The molecule has 3 aromatic carbocycles. The van der Waals surface area contributed by atoms with Crippen LogP contribution in [0.25, 0.3) is 0 Å². The summed E-state index contributed by atoms with van der Waals surface area (Å²) in [6.45, 7) is -0.176. The minimum absolute atomic E-state index is 0.176. The lowest BCUT2D eigenvalue weighted by atomic mass is 9.90. The molecule has 0 bridgehead atoms. The fraction of sp³-hybridized carbons (Fsp3) is 0.125. The summed E-state index contributed by atoms with van der Waals surface area (Å²) in [5.41, 5.74) is 4.92. The first-order valence-electron chi connectivity index (χ1n) is 9.51. The van der Waals surface area contributed by atoms with Gasteiger partial charge < -0.3 is 10.1 Å². The highest BCUT2D eigenvalue weighted by atomic mass is 16.5. The van der Waals surface area contributed by atoms with Gasteiger partial charge >= 0.3 is 0 Å². The summed E-state index contributed by atoms with van der Waals surface area (Å²) in [6.07, 6.45) is 1.51. The lowest BCUT2D eigenvalue weighted by Crippen LogP contribution is -2.37. The Balaban J connectivity index is 1.59. The first-order chi connectivity index (χ1) is 14.7. The zero-order chi connectivity index (χ0) is 21.2. The number of hydrazone groups is 1. The first-order valence-corrected chi connectivity index (χ1v) is 9.51. The molecule has 3 rings (SSSR count). The Morgan fingerprint density at radius 2 is 1.57 bits per heavy atom. The van der Waals surface area contributed by atoms with E-state index in [1.807, 2.05) is 78.9 Å². The van der Waals surface area contributed by atoms with Gasteiger partial charge in [-0.25, -0.2) is 5.43 Å². The maximum absolute atomic E-state index is 12.9. The van der Waals surface area contributed by atoms with Crippen LogP contribution in [0.2, 0.25) is 0 Å². The van der Waals surface area contributed by atoms with Crippen LogP contribution in [-0.4, -0.2) is 31.7 Å². The quantitative estimate of drug-likeness (QED) is 0.450. The van der Waals surface area contributed by atoms with Gasteiger partial charge in [-0.1, -0.05) is 72.8 Å². The molecule has 2 amide bonds. The van der Waals surface area contributed by atoms with Crippen LogP contribution in [0.15, 0.2) is 90.0 Å². The van der Waals surface area contributed by atoms with Crippen LogP contribution in [0.5, 0.6) is 5.75 Å². The molecule has 0 fully saturated rings. The second-order valence-electron chi connectivity index (χ2n) is 6.54. The maximum atomic E-state index is 12.9. The summed E-state index contributed by atoms with van der Waals surface area (Å²) in [5, 5.41) is 6.63. The van der Waals surface area contributed by atoms with E-state index in [4.69, 9.17) is 4.74 Å². The summed E-state index contributed by atoms with van der Waals surface area (Å²) < 4.78 is 5.15. The number of rotatable bonds is 8. The van der Waals surface area contributed by atoms with Crippen molar-refractivity contribution in [2.75, 3.05) is 13.7 Å². The molecule has 0 aliphatic heterocycles. The molecule has 30 heavy (non-hydrogen) atoms. The number of carbonyl (C=O) groups is 2. The monoisotopic (exact) mass is 401 g/mol. The number of hydrogen-bond donors (Lipinski definition) is 2.